The number of Topliss-reactive ketones (excluding diaryl/α,β-unsaturated/α-hetero) is 1. The first-order chi connectivity index (χ1) is 16.4. The van der Waals surface area contributed by atoms with Gasteiger partial charge in [0.05, 0.1) is 37.1 Å². The van der Waals surface area contributed by atoms with Gasteiger partial charge in [-0.05, 0) is 50.6 Å². The third-order valence-corrected chi connectivity index (χ3v) is 6.54. The lowest BCUT2D eigenvalue weighted by atomic mass is 9.96. The molecule has 1 atom stereocenters. The first-order valence-corrected chi connectivity index (χ1v) is 11.7. The summed E-state index contributed by atoms with van der Waals surface area (Å²) in [4.78, 5) is 33.5. The lowest BCUT2D eigenvalue weighted by Crippen LogP contribution is -3.11. The second-order valence-corrected chi connectivity index (χ2v) is 8.56. The van der Waals surface area contributed by atoms with Gasteiger partial charge in [0.1, 0.15) is 11.5 Å². The minimum absolute atomic E-state index is 0.153. The van der Waals surface area contributed by atoms with Crippen LogP contribution in [0.4, 0.5) is 4.39 Å². The normalized spacial score (nSPS) is 17.9. The number of carbonyl (C=O) groups is 2. The van der Waals surface area contributed by atoms with Gasteiger partial charge in [-0.3, -0.25) is 9.59 Å². The third-order valence-electron chi connectivity index (χ3n) is 6.54. The van der Waals surface area contributed by atoms with Crippen LogP contribution in [0.25, 0.3) is 11.4 Å². The Morgan fingerprint density at radius 2 is 1.91 bits per heavy atom. The number of aromatic nitrogens is 2. The predicted octanol–water partition coefficient (Wildman–Crippen LogP) is 1.32. The van der Waals surface area contributed by atoms with Crippen molar-refractivity contribution in [2.24, 2.45) is 0 Å². The van der Waals surface area contributed by atoms with Crippen LogP contribution in [0.5, 0.6) is 0 Å². The standard InChI is InChI=1S/C26H29FN4O3/c1-4-29(5-2)13-9-15-31-23(18-10-8-11-19(27)16-18)21(25(33)26(31)34)24(32)22-17(3)28-20-12-6-7-14-30(20)22/h6-8,10-12,14,16,23,32H,4-5,9,13,15H2,1-3H3/b24-21+. The monoisotopic (exact) mass is 464 g/mol. The van der Waals surface area contributed by atoms with Gasteiger partial charge in [0.25, 0.3) is 5.91 Å². The number of likely N-dealkylation sites (tertiary alicyclic amines) is 1. The highest BCUT2D eigenvalue weighted by atomic mass is 19.1. The number of aryl methyl sites for hydroxylation is 1. The average molecular weight is 465 g/mol. The molecule has 8 heteroatoms. The molecule has 7 nitrogen and oxygen atoms in total. The molecule has 1 saturated heterocycles. The summed E-state index contributed by atoms with van der Waals surface area (Å²) >= 11 is 0. The van der Waals surface area contributed by atoms with E-state index in [-0.39, 0.29) is 11.3 Å². The lowest BCUT2D eigenvalue weighted by molar-refractivity contribution is -0.896. The largest absolute Gasteiger partial charge is 0.871 e. The molecule has 1 N–H and O–H groups in total. The van der Waals surface area contributed by atoms with E-state index < -0.39 is 29.3 Å². The molecule has 0 saturated carbocycles. The number of hydrogen-bond donors (Lipinski definition) is 1. The highest BCUT2D eigenvalue weighted by molar-refractivity contribution is 6.46. The summed E-state index contributed by atoms with van der Waals surface area (Å²) in [5.41, 5.74) is 1.53. The molecule has 0 spiro atoms. The van der Waals surface area contributed by atoms with Gasteiger partial charge in [-0.15, -0.1) is 0 Å². The molecule has 1 fully saturated rings. The summed E-state index contributed by atoms with van der Waals surface area (Å²) in [6.07, 6.45) is 2.37. The molecule has 1 unspecified atom stereocenters. The molecular weight excluding hydrogens is 435 g/mol. The Morgan fingerprint density at radius 3 is 2.62 bits per heavy atom. The summed E-state index contributed by atoms with van der Waals surface area (Å²) < 4.78 is 15.8. The maximum atomic E-state index is 14.2. The topological polar surface area (TPSA) is 82.2 Å². The first-order valence-electron chi connectivity index (χ1n) is 11.7. The van der Waals surface area contributed by atoms with E-state index in [0.29, 0.717) is 29.9 Å². The van der Waals surface area contributed by atoms with Gasteiger partial charge < -0.3 is 19.3 Å². The molecular formula is C26H29FN4O3. The fraction of sp³-hybridized carbons (Fsp3) is 0.346. The summed E-state index contributed by atoms with van der Waals surface area (Å²) in [6.45, 7) is 8.95. The van der Waals surface area contributed by atoms with Crippen molar-refractivity contribution >= 4 is 23.1 Å². The molecule has 0 aliphatic carbocycles. The van der Waals surface area contributed by atoms with Gasteiger partial charge in [-0.25, -0.2) is 9.37 Å². The Hall–Kier alpha value is -3.52. The second-order valence-electron chi connectivity index (χ2n) is 8.56. The number of pyridine rings is 1. The molecule has 3 heterocycles. The Morgan fingerprint density at radius 1 is 1.15 bits per heavy atom. The molecule has 178 valence electrons. The number of rotatable bonds is 8. The summed E-state index contributed by atoms with van der Waals surface area (Å²) in [5.74, 6) is -2.60. The minimum Gasteiger partial charge on any atom is -0.871 e. The van der Waals surface area contributed by atoms with E-state index in [0.717, 1.165) is 19.6 Å². The van der Waals surface area contributed by atoms with Crippen LogP contribution in [0.1, 0.15) is 43.3 Å². The molecule has 1 amide bonds. The van der Waals surface area contributed by atoms with Gasteiger partial charge in [-0.1, -0.05) is 24.0 Å². The van der Waals surface area contributed by atoms with E-state index in [1.54, 1.807) is 35.7 Å². The Kier molecular flexibility index (Phi) is 6.79. The van der Waals surface area contributed by atoms with Crippen molar-refractivity contribution < 1.29 is 24.0 Å². The number of imidazole rings is 1. The highest BCUT2D eigenvalue weighted by Gasteiger charge is 2.44. The maximum absolute atomic E-state index is 14.2. The van der Waals surface area contributed by atoms with Gasteiger partial charge in [0.15, 0.2) is 0 Å². The Balaban J connectivity index is 1.82. The number of ketones is 1. The van der Waals surface area contributed by atoms with Crippen molar-refractivity contribution in [1.29, 1.82) is 0 Å². The van der Waals surface area contributed by atoms with Gasteiger partial charge in [-0.2, -0.15) is 0 Å². The zero-order valence-electron chi connectivity index (χ0n) is 19.7. The highest BCUT2D eigenvalue weighted by Crippen LogP contribution is 2.39. The summed E-state index contributed by atoms with van der Waals surface area (Å²) in [7, 11) is 0. The Labute approximate surface area is 198 Å². The molecule has 0 bridgehead atoms. The van der Waals surface area contributed by atoms with Crippen molar-refractivity contribution in [1.82, 2.24) is 14.3 Å². The number of carbonyl (C=O) groups excluding carboxylic acids is 2. The molecule has 4 rings (SSSR count). The predicted molar refractivity (Wildman–Crippen MR) is 124 cm³/mol. The number of benzene rings is 1. The van der Waals surface area contributed by atoms with Gasteiger partial charge in [0.2, 0.25) is 5.78 Å². The number of halogens is 1. The zero-order chi connectivity index (χ0) is 24.4. The van der Waals surface area contributed by atoms with Crippen LogP contribution < -0.4 is 10.0 Å². The van der Waals surface area contributed by atoms with Crippen LogP contribution in [0.3, 0.4) is 0 Å². The number of fused-ring (bicyclic) bond motifs is 1. The SMILES string of the molecule is CC[NH+](CC)CCCN1C(=O)C(=O)/C(=C(/[O-])c2c(C)nc3ccccn23)C1c1cccc(F)c1. The van der Waals surface area contributed by atoms with Crippen LogP contribution in [0.15, 0.2) is 54.2 Å². The molecule has 1 aliphatic rings. The average Bonchev–Trinajstić information content (AvgIpc) is 3.29. The van der Waals surface area contributed by atoms with E-state index in [1.807, 2.05) is 6.07 Å². The maximum Gasteiger partial charge on any atom is 0.295 e. The second kappa shape index (κ2) is 9.77. The number of hydrogen-bond acceptors (Lipinski definition) is 4. The quantitative estimate of drug-likeness (QED) is 0.310. The van der Waals surface area contributed by atoms with E-state index >= 15 is 0 Å². The van der Waals surface area contributed by atoms with E-state index in [2.05, 4.69) is 18.8 Å². The number of nitrogens with one attached hydrogen (secondary N) is 1. The fourth-order valence-corrected chi connectivity index (χ4v) is 4.74. The van der Waals surface area contributed by atoms with Gasteiger partial charge in [0, 0.05) is 24.7 Å². The number of nitrogens with zero attached hydrogens (tertiary/aromatic N) is 3. The van der Waals surface area contributed by atoms with Crippen molar-refractivity contribution in [3.8, 4) is 0 Å². The van der Waals surface area contributed by atoms with Crippen molar-refractivity contribution in [3.05, 3.63) is 77.0 Å². The van der Waals surface area contributed by atoms with Crippen LogP contribution >= 0.6 is 0 Å². The lowest BCUT2D eigenvalue weighted by Gasteiger charge is -2.28. The summed E-state index contributed by atoms with van der Waals surface area (Å²) in [6, 6.07) is 10.2. The molecule has 1 aromatic carbocycles. The molecule has 2 aromatic heterocycles. The number of quaternary nitrogens is 1. The van der Waals surface area contributed by atoms with E-state index in [1.165, 1.54) is 28.0 Å². The fourth-order valence-electron chi connectivity index (χ4n) is 4.74. The molecule has 34 heavy (non-hydrogen) atoms. The zero-order valence-corrected chi connectivity index (χ0v) is 19.7. The van der Waals surface area contributed by atoms with Crippen LogP contribution in [0, 0.1) is 12.7 Å². The molecule has 0 radical (unpaired) electrons. The smallest absolute Gasteiger partial charge is 0.295 e. The van der Waals surface area contributed by atoms with Crippen LogP contribution in [0.2, 0.25) is 0 Å². The van der Waals surface area contributed by atoms with E-state index in [4.69, 9.17) is 0 Å². The van der Waals surface area contributed by atoms with Crippen LogP contribution in [-0.4, -0.2) is 52.2 Å². The van der Waals surface area contributed by atoms with Crippen molar-refractivity contribution in [2.45, 2.75) is 33.2 Å². The van der Waals surface area contributed by atoms with Crippen LogP contribution in [-0.2, 0) is 9.59 Å². The molecule has 3 aromatic rings. The van der Waals surface area contributed by atoms with Crippen molar-refractivity contribution in [2.75, 3.05) is 26.2 Å². The first kappa shape index (κ1) is 23.6. The van der Waals surface area contributed by atoms with Gasteiger partial charge >= 0.3 is 0 Å². The summed E-state index contributed by atoms with van der Waals surface area (Å²) in [5, 5.41) is 13.8. The Bertz CT molecular complexity index is 1260. The number of amides is 1. The van der Waals surface area contributed by atoms with E-state index in [9.17, 15) is 19.1 Å². The van der Waals surface area contributed by atoms with Crippen molar-refractivity contribution in [3.63, 3.8) is 0 Å². The minimum atomic E-state index is -0.941. The third kappa shape index (κ3) is 4.21. The molecule has 1 aliphatic heterocycles.